The maximum Gasteiger partial charge on any atom is 0.279 e. The molecule has 0 radical (unpaired) electrons. The average molecular weight is 299 g/mol. The molecule has 0 atom stereocenters. The van der Waals surface area contributed by atoms with E-state index in [1.807, 2.05) is 61.1 Å². The predicted octanol–water partition coefficient (Wildman–Crippen LogP) is 3.80. The van der Waals surface area contributed by atoms with Crippen molar-refractivity contribution in [3.05, 3.63) is 75.7 Å². The minimum Gasteiger partial charge on any atom is -0.285 e. The zero-order valence-corrected chi connectivity index (χ0v) is 12.6. The van der Waals surface area contributed by atoms with Crippen LogP contribution in [-0.2, 0) is 7.05 Å². The molecule has 1 heterocycles. The molecule has 0 unspecified atom stereocenters. The van der Waals surface area contributed by atoms with E-state index in [1.54, 1.807) is 16.8 Å². The van der Waals surface area contributed by atoms with Gasteiger partial charge in [0.15, 0.2) is 0 Å². The van der Waals surface area contributed by atoms with Crippen molar-refractivity contribution in [2.24, 2.45) is 7.05 Å². The summed E-state index contributed by atoms with van der Waals surface area (Å²) in [5, 5.41) is 0.654. The Morgan fingerprint density at radius 2 is 1.57 bits per heavy atom. The second-order valence-corrected chi connectivity index (χ2v) is 5.38. The van der Waals surface area contributed by atoms with E-state index in [9.17, 15) is 4.79 Å². The lowest BCUT2D eigenvalue weighted by Gasteiger charge is -2.08. The van der Waals surface area contributed by atoms with Crippen LogP contribution in [0.1, 0.15) is 5.69 Å². The highest BCUT2D eigenvalue weighted by atomic mass is 35.5. The van der Waals surface area contributed by atoms with Crippen molar-refractivity contribution >= 4 is 11.6 Å². The normalized spacial score (nSPS) is 10.8. The SMILES string of the molecule is Cc1c(-c2ccccc2)c(=O)n(-c2ccc(Cl)cc2)n1C. The average Bonchev–Trinajstić information content (AvgIpc) is 2.72. The third-order valence-electron chi connectivity index (χ3n) is 3.69. The molecule has 0 aliphatic heterocycles. The van der Waals surface area contributed by atoms with Crippen LogP contribution < -0.4 is 5.56 Å². The van der Waals surface area contributed by atoms with Gasteiger partial charge in [-0.2, -0.15) is 0 Å². The van der Waals surface area contributed by atoms with Crippen LogP contribution in [0.4, 0.5) is 0 Å². The van der Waals surface area contributed by atoms with Crippen LogP contribution in [-0.4, -0.2) is 9.36 Å². The molecular formula is C17H15ClN2O. The van der Waals surface area contributed by atoms with E-state index in [0.717, 1.165) is 22.5 Å². The van der Waals surface area contributed by atoms with E-state index in [1.165, 1.54) is 0 Å². The molecule has 0 amide bonds. The van der Waals surface area contributed by atoms with Crippen LogP contribution in [0, 0.1) is 6.92 Å². The Morgan fingerprint density at radius 1 is 0.952 bits per heavy atom. The van der Waals surface area contributed by atoms with Gasteiger partial charge in [-0.1, -0.05) is 41.9 Å². The molecule has 3 rings (SSSR count). The molecule has 21 heavy (non-hydrogen) atoms. The first-order chi connectivity index (χ1) is 10.1. The summed E-state index contributed by atoms with van der Waals surface area (Å²) in [7, 11) is 1.89. The number of aromatic nitrogens is 2. The van der Waals surface area contributed by atoms with Crippen LogP contribution in [0.5, 0.6) is 0 Å². The molecule has 0 aliphatic rings. The van der Waals surface area contributed by atoms with Gasteiger partial charge in [0.25, 0.3) is 5.56 Å². The lowest BCUT2D eigenvalue weighted by atomic mass is 10.1. The van der Waals surface area contributed by atoms with E-state index in [4.69, 9.17) is 11.6 Å². The van der Waals surface area contributed by atoms with Crippen LogP contribution in [0.2, 0.25) is 5.02 Å². The highest BCUT2D eigenvalue weighted by Crippen LogP contribution is 2.21. The second kappa shape index (κ2) is 5.26. The molecule has 0 spiro atoms. The molecule has 0 saturated carbocycles. The van der Waals surface area contributed by atoms with Gasteiger partial charge in [-0.05, 0) is 36.8 Å². The first-order valence-electron chi connectivity index (χ1n) is 6.69. The number of benzene rings is 2. The van der Waals surface area contributed by atoms with Gasteiger partial charge >= 0.3 is 0 Å². The molecule has 0 saturated heterocycles. The number of rotatable bonds is 2. The molecule has 0 bridgehead atoms. The summed E-state index contributed by atoms with van der Waals surface area (Å²) in [5.74, 6) is 0. The first-order valence-corrected chi connectivity index (χ1v) is 7.07. The zero-order valence-electron chi connectivity index (χ0n) is 11.9. The molecule has 3 nitrogen and oxygen atoms in total. The Morgan fingerprint density at radius 3 is 2.19 bits per heavy atom. The highest BCUT2D eigenvalue weighted by molar-refractivity contribution is 6.30. The van der Waals surface area contributed by atoms with Crippen LogP contribution in [0.15, 0.2) is 59.4 Å². The Labute approximate surface area is 128 Å². The van der Waals surface area contributed by atoms with Gasteiger partial charge in [0.1, 0.15) is 0 Å². The van der Waals surface area contributed by atoms with E-state index in [2.05, 4.69) is 0 Å². The Kier molecular flexibility index (Phi) is 3.43. The lowest BCUT2D eigenvalue weighted by Crippen LogP contribution is -2.20. The molecule has 0 fully saturated rings. The van der Waals surface area contributed by atoms with Crippen molar-refractivity contribution < 1.29 is 0 Å². The summed E-state index contributed by atoms with van der Waals surface area (Å²) in [6.07, 6.45) is 0. The number of hydrogen-bond acceptors (Lipinski definition) is 1. The summed E-state index contributed by atoms with van der Waals surface area (Å²) < 4.78 is 3.53. The minimum atomic E-state index is -0.0245. The predicted molar refractivity (Wildman–Crippen MR) is 86.2 cm³/mol. The molecule has 0 N–H and O–H groups in total. The van der Waals surface area contributed by atoms with Crippen molar-refractivity contribution in [3.8, 4) is 16.8 Å². The van der Waals surface area contributed by atoms with Gasteiger partial charge in [-0.15, -0.1) is 0 Å². The van der Waals surface area contributed by atoms with Gasteiger partial charge < -0.3 is 0 Å². The Hall–Kier alpha value is -2.26. The highest BCUT2D eigenvalue weighted by Gasteiger charge is 2.17. The van der Waals surface area contributed by atoms with Gasteiger partial charge in [0.2, 0.25) is 0 Å². The van der Waals surface area contributed by atoms with Crippen LogP contribution in [0.25, 0.3) is 16.8 Å². The van der Waals surface area contributed by atoms with Crippen molar-refractivity contribution in [3.63, 3.8) is 0 Å². The fourth-order valence-corrected chi connectivity index (χ4v) is 2.64. The summed E-state index contributed by atoms with van der Waals surface area (Å²) in [6, 6.07) is 17.0. The van der Waals surface area contributed by atoms with Crippen LogP contribution >= 0.6 is 11.6 Å². The van der Waals surface area contributed by atoms with Crippen LogP contribution in [0.3, 0.4) is 0 Å². The molecule has 0 aliphatic carbocycles. The molecule has 1 aromatic heterocycles. The largest absolute Gasteiger partial charge is 0.285 e. The van der Waals surface area contributed by atoms with Gasteiger partial charge in [-0.25, -0.2) is 4.68 Å². The Bertz CT molecular complexity index is 830. The maximum absolute atomic E-state index is 12.8. The number of nitrogens with zero attached hydrogens (tertiary/aromatic N) is 2. The molecule has 106 valence electrons. The monoisotopic (exact) mass is 298 g/mol. The quantitative estimate of drug-likeness (QED) is 0.707. The fraction of sp³-hybridized carbons (Fsp3) is 0.118. The molecule has 4 heteroatoms. The van der Waals surface area contributed by atoms with E-state index < -0.39 is 0 Å². The fourth-order valence-electron chi connectivity index (χ4n) is 2.52. The lowest BCUT2D eigenvalue weighted by molar-refractivity contribution is 0.630. The molecule has 2 aromatic carbocycles. The van der Waals surface area contributed by atoms with Gasteiger partial charge in [0.05, 0.1) is 11.3 Å². The third-order valence-corrected chi connectivity index (χ3v) is 3.94. The van der Waals surface area contributed by atoms with Gasteiger partial charge in [-0.3, -0.25) is 9.48 Å². The number of hydrogen-bond donors (Lipinski definition) is 0. The summed E-state index contributed by atoms with van der Waals surface area (Å²) in [5.41, 5.74) is 3.37. The standard InChI is InChI=1S/C17H15ClN2O/c1-12-16(13-6-4-3-5-7-13)17(21)20(19(12)2)15-10-8-14(18)9-11-15/h3-11H,1-2H3. The maximum atomic E-state index is 12.8. The summed E-state index contributed by atoms with van der Waals surface area (Å²) >= 11 is 5.92. The minimum absolute atomic E-state index is 0.0245. The third kappa shape index (κ3) is 2.30. The van der Waals surface area contributed by atoms with Crippen molar-refractivity contribution in [1.29, 1.82) is 0 Å². The molecular weight excluding hydrogens is 284 g/mol. The zero-order chi connectivity index (χ0) is 15.0. The van der Waals surface area contributed by atoms with Crippen molar-refractivity contribution in [2.75, 3.05) is 0 Å². The second-order valence-electron chi connectivity index (χ2n) is 4.94. The number of halogens is 1. The summed E-state index contributed by atoms with van der Waals surface area (Å²) in [4.78, 5) is 12.8. The first kappa shape index (κ1) is 13.7. The topological polar surface area (TPSA) is 26.9 Å². The van der Waals surface area contributed by atoms with E-state index >= 15 is 0 Å². The van der Waals surface area contributed by atoms with Gasteiger partial charge in [0, 0.05) is 17.8 Å². The van der Waals surface area contributed by atoms with Crippen molar-refractivity contribution in [1.82, 2.24) is 9.36 Å². The Balaban J connectivity index is 2.25. The van der Waals surface area contributed by atoms with Crippen molar-refractivity contribution in [2.45, 2.75) is 6.92 Å². The van der Waals surface area contributed by atoms with E-state index in [-0.39, 0.29) is 5.56 Å². The summed E-state index contributed by atoms with van der Waals surface area (Å²) in [6.45, 7) is 1.95. The molecule has 3 aromatic rings. The smallest absolute Gasteiger partial charge is 0.279 e. The van der Waals surface area contributed by atoms with E-state index in [0.29, 0.717) is 5.02 Å².